The Hall–Kier alpha value is -2.74. The molecule has 0 bridgehead atoms. The van der Waals surface area contributed by atoms with Crippen LogP contribution in [0.5, 0.6) is 5.75 Å². The van der Waals surface area contributed by atoms with Crippen LogP contribution in [-0.2, 0) is 13.1 Å². The van der Waals surface area contributed by atoms with Crippen LogP contribution in [0, 0.1) is 12.8 Å². The first-order valence-corrected chi connectivity index (χ1v) is 9.23. The zero-order valence-corrected chi connectivity index (χ0v) is 15.7. The van der Waals surface area contributed by atoms with Gasteiger partial charge in [-0.1, -0.05) is 17.3 Å². The minimum Gasteiger partial charge on any atom is -0.496 e. The molecule has 0 N–H and O–H groups in total. The van der Waals surface area contributed by atoms with Crippen LogP contribution in [0.25, 0.3) is 11.4 Å². The number of aryl methyl sites for hydroxylation is 1. The second-order valence-electron chi connectivity index (χ2n) is 7.06. The molecule has 1 atom stereocenters. The van der Waals surface area contributed by atoms with Gasteiger partial charge < -0.3 is 9.26 Å². The molecule has 1 fully saturated rings. The van der Waals surface area contributed by atoms with E-state index in [1.165, 1.54) is 6.42 Å². The van der Waals surface area contributed by atoms with Crippen molar-refractivity contribution in [3.05, 3.63) is 42.3 Å². The van der Waals surface area contributed by atoms with E-state index >= 15 is 0 Å². The molecule has 0 radical (unpaired) electrons. The Morgan fingerprint density at radius 3 is 3.07 bits per heavy atom. The number of ether oxygens (including phenoxy) is 1. The molecule has 3 aromatic rings. The normalized spacial score (nSPS) is 17.9. The molecule has 8 nitrogen and oxygen atoms in total. The number of nitrogens with zero attached hydrogens (tertiary/aromatic N) is 6. The summed E-state index contributed by atoms with van der Waals surface area (Å²) >= 11 is 0. The van der Waals surface area contributed by atoms with Gasteiger partial charge in [0, 0.05) is 18.7 Å². The summed E-state index contributed by atoms with van der Waals surface area (Å²) in [7, 11) is 1.67. The van der Waals surface area contributed by atoms with Gasteiger partial charge >= 0.3 is 0 Å². The Kier molecular flexibility index (Phi) is 5.15. The van der Waals surface area contributed by atoms with Crippen molar-refractivity contribution in [2.75, 3.05) is 20.2 Å². The third-order valence-corrected chi connectivity index (χ3v) is 5.01. The van der Waals surface area contributed by atoms with Crippen molar-refractivity contribution >= 4 is 0 Å². The van der Waals surface area contributed by atoms with Crippen molar-refractivity contribution < 1.29 is 9.26 Å². The summed E-state index contributed by atoms with van der Waals surface area (Å²) in [5, 5.41) is 8.36. The number of benzene rings is 1. The Morgan fingerprint density at radius 1 is 1.33 bits per heavy atom. The van der Waals surface area contributed by atoms with Crippen molar-refractivity contribution in [3.63, 3.8) is 0 Å². The fourth-order valence-electron chi connectivity index (χ4n) is 3.62. The largest absolute Gasteiger partial charge is 0.496 e. The fraction of sp³-hybridized carbons (Fsp3) is 0.474. The Balaban J connectivity index is 1.40. The van der Waals surface area contributed by atoms with E-state index in [1.807, 2.05) is 29.8 Å². The van der Waals surface area contributed by atoms with Gasteiger partial charge in [-0.15, -0.1) is 0 Å². The topological polar surface area (TPSA) is 82.1 Å². The van der Waals surface area contributed by atoms with E-state index in [4.69, 9.17) is 9.26 Å². The van der Waals surface area contributed by atoms with Crippen LogP contribution in [0.1, 0.15) is 24.3 Å². The van der Waals surface area contributed by atoms with Gasteiger partial charge in [-0.3, -0.25) is 9.58 Å². The van der Waals surface area contributed by atoms with E-state index in [-0.39, 0.29) is 0 Å². The molecule has 27 heavy (non-hydrogen) atoms. The molecule has 4 rings (SSSR count). The minimum atomic E-state index is 0.559. The second-order valence-corrected chi connectivity index (χ2v) is 7.06. The lowest BCUT2D eigenvalue weighted by atomic mass is 9.98. The monoisotopic (exact) mass is 368 g/mol. The molecule has 142 valence electrons. The molecule has 0 aliphatic carbocycles. The molecular formula is C19H24N6O2. The highest BCUT2D eigenvalue weighted by Crippen LogP contribution is 2.25. The third kappa shape index (κ3) is 4.16. The average Bonchev–Trinajstić information content (AvgIpc) is 3.35. The van der Waals surface area contributed by atoms with E-state index < -0.39 is 0 Å². The van der Waals surface area contributed by atoms with E-state index in [9.17, 15) is 0 Å². The standard InChI is InChI=1S/C19H24N6O2/c1-14-5-6-16(8-17(14)26-2)19-22-18(27-23-19)11-24-7-3-4-15(9-24)10-25-13-20-12-21-25/h5-6,8,12-13,15H,3-4,7,9-11H2,1-2H3. The van der Waals surface area contributed by atoms with Crippen LogP contribution in [-0.4, -0.2) is 50.0 Å². The summed E-state index contributed by atoms with van der Waals surface area (Å²) in [5.74, 6) is 2.63. The predicted octanol–water partition coefficient (Wildman–Crippen LogP) is 2.56. The van der Waals surface area contributed by atoms with Gasteiger partial charge in [-0.05, 0) is 43.9 Å². The number of hydrogen-bond acceptors (Lipinski definition) is 7. The lowest BCUT2D eigenvalue weighted by Crippen LogP contribution is -2.36. The van der Waals surface area contributed by atoms with E-state index in [2.05, 4.69) is 25.1 Å². The SMILES string of the molecule is COc1cc(-c2noc(CN3CCCC(Cn4cncn4)C3)n2)ccc1C. The summed E-state index contributed by atoms with van der Waals surface area (Å²) in [6, 6.07) is 5.93. The quantitative estimate of drug-likeness (QED) is 0.661. The first kappa shape index (κ1) is 17.7. The summed E-state index contributed by atoms with van der Waals surface area (Å²) in [6.07, 6.45) is 5.73. The number of hydrogen-bond donors (Lipinski definition) is 0. The van der Waals surface area contributed by atoms with Crippen molar-refractivity contribution in [1.82, 2.24) is 29.8 Å². The lowest BCUT2D eigenvalue weighted by Gasteiger charge is -2.31. The van der Waals surface area contributed by atoms with Crippen molar-refractivity contribution in [1.29, 1.82) is 0 Å². The summed E-state index contributed by atoms with van der Waals surface area (Å²) in [6.45, 7) is 5.62. The Morgan fingerprint density at radius 2 is 2.26 bits per heavy atom. The molecule has 1 aliphatic rings. The second kappa shape index (κ2) is 7.87. The molecule has 8 heteroatoms. The number of likely N-dealkylation sites (tertiary alicyclic amines) is 1. The van der Waals surface area contributed by atoms with E-state index in [0.717, 1.165) is 42.9 Å². The lowest BCUT2D eigenvalue weighted by molar-refractivity contribution is 0.138. The smallest absolute Gasteiger partial charge is 0.241 e. The maximum Gasteiger partial charge on any atom is 0.241 e. The molecular weight excluding hydrogens is 344 g/mol. The van der Waals surface area contributed by atoms with Crippen molar-refractivity contribution in [2.45, 2.75) is 32.9 Å². The van der Waals surface area contributed by atoms with Gasteiger partial charge in [0.25, 0.3) is 0 Å². The molecule has 1 saturated heterocycles. The zero-order chi connectivity index (χ0) is 18.6. The van der Waals surface area contributed by atoms with Crippen LogP contribution in [0.4, 0.5) is 0 Å². The fourth-order valence-corrected chi connectivity index (χ4v) is 3.62. The zero-order valence-electron chi connectivity index (χ0n) is 15.7. The first-order chi connectivity index (χ1) is 13.2. The Bertz CT molecular complexity index is 876. The maximum atomic E-state index is 5.50. The summed E-state index contributed by atoms with van der Waals surface area (Å²) < 4.78 is 12.8. The third-order valence-electron chi connectivity index (χ3n) is 5.01. The summed E-state index contributed by atoms with van der Waals surface area (Å²) in [5.41, 5.74) is 1.98. The Labute approximate surface area is 158 Å². The van der Waals surface area contributed by atoms with E-state index in [1.54, 1.807) is 19.8 Å². The van der Waals surface area contributed by atoms with Gasteiger partial charge in [0.2, 0.25) is 11.7 Å². The highest BCUT2D eigenvalue weighted by molar-refractivity contribution is 5.58. The van der Waals surface area contributed by atoms with Crippen LogP contribution in [0.2, 0.25) is 0 Å². The molecule has 0 saturated carbocycles. The van der Waals surface area contributed by atoms with Gasteiger partial charge in [-0.2, -0.15) is 10.1 Å². The van der Waals surface area contributed by atoms with Crippen molar-refractivity contribution in [3.8, 4) is 17.1 Å². The van der Waals surface area contributed by atoms with Gasteiger partial charge in [0.1, 0.15) is 18.4 Å². The summed E-state index contributed by atoms with van der Waals surface area (Å²) in [4.78, 5) is 11.0. The average molecular weight is 368 g/mol. The molecule has 0 amide bonds. The highest BCUT2D eigenvalue weighted by Gasteiger charge is 2.22. The molecule has 1 aromatic carbocycles. The molecule has 3 heterocycles. The van der Waals surface area contributed by atoms with Crippen LogP contribution < -0.4 is 4.74 Å². The first-order valence-electron chi connectivity index (χ1n) is 9.23. The molecule has 2 aromatic heterocycles. The predicted molar refractivity (Wildman–Crippen MR) is 99.0 cm³/mol. The number of aromatic nitrogens is 5. The highest BCUT2D eigenvalue weighted by atomic mass is 16.5. The van der Waals surface area contributed by atoms with Crippen LogP contribution in [0.15, 0.2) is 35.4 Å². The van der Waals surface area contributed by atoms with Gasteiger partial charge in [0.05, 0.1) is 13.7 Å². The molecule has 1 aliphatic heterocycles. The maximum absolute atomic E-state index is 5.50. The minimum absolute atomic E-state index is 0.559. The van der Waals surface area contributed by atoms with E-state index in [0.29, 0.717) is 24.2 Å². The number of methoxy groups -OCH3 is 1. The molecule has 1 unspecified atom stereocenters. The van der Waals surface area contributed by atoms with Crippen LogP contribution in [0.3, 0.4) is 0 Å². The van der Waals surface area contributed by atoms with Crippen molar-refractivity contribution in [2.24, 2.45) is 5.92 Å². The number of piperidine rings is 1. The number of rotatable bonds is 6. The van der Waals surface area contributed by atoms with Crippen LogP contribution >= 0.6 is 0 Å². The van der Waals surface area contributed by atoms with Gasteiger partial charge in [-0.25, -0.2) is 4.98 Å². The van der Waals surface area contributed by atoms with Gasteiger partial charge in [0.15, 0.2) is 0 Å². The molecule has 0 spiro atoms.